The molecule has 0 radical (unpaired) electrons. The summed E-state index contributed by atoms with van der Waals surface area (Å²) >= 11 is 0. The van der Waals surface area contributed by atoms with Gasteiger partial charge in [0.1, 0.15) is 0 Å². The van der Waals surface area contributed by atoms with E-state index in [0.29, 0.717) is 31.2 Å². The molecule has 1 atom stereocenters. The van der Waals surface area contributed by atoms with E-state index in [1.165, 1.54) is 0 Å². The summed E-state index contributed by atoms with van der Waals surface area (Å²) in [6, 6.07) is 1.97. The first kappa shape index (κ1) is 13.7. The highest BCUT2D eigenvalue weighted by molar-refractivity contribution is 5.92. The molecule has 0 spiro atoms. The Morgan fingerprint density at radius 1 is 1.52 bits per heavy atom. The summed E-state index contributed by atoms with van der Waals surface area (Å²) in [6.07, 6.45) is 5.45. The van der Waals surface area contributed by atoms with E-state index in [-0.39, 0.29) is 5.91 Å². The first-order valence-electron chi connectivity index (χ1n) is 7.16. The van der Waals surface area contributed by atoms with Crippen molar-refractivity contribution in [3.05, 3.63) is 29.8 Å². The van der Waals surface area contributed by atoms with Crippen LogP contribution in [0.4, 0.5) is 0 Å². The molecule has 3 N–H and O–H groups in total. The fourth-order valence-corrected chi connectivity index (χ4v) is 2.71. The van der Waals surface area contributed by atoms with Crippen LogP contribution < -0.4 is 5.73 Å². The minimum Gasteiger partial charge on any atom is -0.337 e. The Bertz CT molecular complexity index is 591. The van der Waals surface area contributed by atoms with Crippen molar-refractivity contribution in [2.24, 2.45) is 5.73 Å². The Morgan fingerprint density at radius 2 is 2.43 bits per heavy atom. The summed E-state index contributed by atoms with van der Waals surface area (Å²) in [5.41, 5.74) is 6.93. The van der Waals surface area contributed by atoms with Gasteiger partial charge < -0.3 is 10.6 Å². The summed E-state index contributed by atoms with van der Waals surface area (Å²) in [6.45, 7) is 2.48. The zero-order valence-electron chi connectivity index (χ0n) is 11.8. The number of nitrogens with one attached hydrogen (secondary N) is 1. The molecule has 112 valence electrons. The smallest absolute Gasteiger partial charge is 0.276 e. The van der Waals surface area contributed by atoms with Gasteiger partial charge in [0.25, 0.3) is 5.91 Å². The van der Waals surface area contributed by atoms with Gasteiger partial charge in [-0.05, 0) is 18.9 Å². The molecule has 3 heterocycles. The molecule has 0 bridgehead atoms. The number of hydrogen-bond donors (Lipinski definition) is 2. The number of piperidine rings is 1. The molecule has 1 aliphatic rings. The molecular weight excluding hydrogens is 270 g/mol. The zero-order chi connectivity index (χ0) is 14.7. The van der Waals surface area contributed by atoms with E-state index >= 15 is 0 Å². The van der Waals surface area contributed by atoms with Gasteiger partial charge in [-0.25, -0.2) is 0 Å². The van der Waals surface area contributed by atoms with E-state index in [4.69, 9.17) is 5.73 Å². The molecule has 0 aliphatic carbocycles. The number of hydrogen-bond acceptors (Lipinski definition) is 5. The van der Waals surface area contributed by atoms with Gasteiger partial charge in [0.05, 0.1) is 12.7 Å². The number of nitrogens with two attached hydrogens (primary N) is 1. The fraction of sp³-hybridized carbons (Fsp3) is 0.538. The number of H-pyrrole nitrogens is 1. The number of amides is 1. The number of carbonyl (C=O) groups is 1. The van der Waals surface area contributed by atoms with E-state index in [2.05, 4.69) is 20.5 Å². The van der Waals surface area contributed by atoms with Gasteiger partial charge in [-0.15, -0.1) is 5.10 Å². The Kier molecular flexibility index (Phi) is 3.96. The van der Waals surface area contributed by atoms with Crippen LogP contribution in [0, 0.1) is 0 Å². The van der Waals surface area contributed by atoms with Gasteiger partial charge >= 0.3 is 0 Å². The van der Waals surface area contributed by atoms with Crippen LogP contribution >= 0.6 is 0 Å². The second-order valence-electron chi connectivity index (χ2n) is 5.26. The van der Waals surface area contributed by atoms with E-state index in [1.807, 2.05) is 11.0 Å². The molecular formula is C13H19N7O. The number of aromatic nitrogens is 5. The average Bonchev–Trinajstić information content (AvgIpc) is 3.18. The first-order chi connectivity index (χ1) is 10.3. The van der Waals surface area contributed by atoms with Crippen molar-refractivity contribution in [1.82, 2.24) is 30.1 Å². The van der Waals surface area contributed by atoms with Crippen molar-refractivity contribution in [2.45, 2.75) is 25.3 Å². The van der Waals surface area contributed by atoms with Crippen LogP contribution in [-0.4, -0.2) is 55.6 Å². The lowest BCUT2D eigenvalue weighted by atomic mass is 9.95. The summed E-state index contributed by atoms with van der Waals surface area (Å²) in [5, 5.41) is 14.8. The molecule has 2 aromatic heterocycles. The molecule has 1 saturated heterocycles. The van der Waals surface area contributed by atoms with Crippen molar-refractivity contribution >= 4 is 5.91 Å². The molecule has 8 heteroatoms. The molecule has 1 amide bonds. The largest absolute Gasteiger partial charge is 0.337 e. The van der Waals surface area contributed by atoms with Crippen LogP contribution in [-0.2, 0) is 6.54 Å². The first-order valence-corrected chi connectivity index (χ1v) is 7.16. The summed E-state index contributed by atoms with van der Waals surface area (Å²) < 4.78 is 1.60. The van der Waals surface area contributed by atoms with E-state index in [1.54, 1.807) is 17.1 Å². The van der Waals surface area contributed by atoms with Gasteiger partial charge in [-0.1, -0.05) is 5.21 Å². The molecule has 2 aromatic rings. The Labute approximate surface area is 122 Å². The number of aromatic amines is 1. The third-order valence-corrected chi connectivity index (χ3v) is 3.79. The normalized spacial score (nSPS) is 18.9. The Balaban J connectivity index is 1.68. The number of rotatable bonds is 4. The minimum absolute atomic E-state index is 0.0671. The van der Waals surface area contributed by atoms with Crippen LogP contribution in [0.25, 0.3) is 0 Å². The van der Waals surface area contributed by atoms with E-state index in [0.717, 1.165) is 25.1 Å². The molecule has 1 unspecified atom stereocenters. The van der Waals surface area contributed by atoms with Gasteiger partial charge in [0, 0.05) is 37.4 Å². The summed E-state index contributed by atoms with van der Waals surface area (Å²) in [5.74, 6) is 0.242. The lowest BCUT2D eigenvalue weighted by Gasteiger charge is -2.31. The van der Waals surface area contributed by atoms with Gasteiger partial charge in [-0.2, -0.15) is 5.10 Å². The second-order valence-corrected chi connectivity index (χ2v) is 5.26. The third-order valence-electron chi connectivity index (χ3n) is 3.79. The molecule has 0 saturated carbocycles. The van der Waals surface area contributed by atoms with Crippen molar-refractivity contribution < 1.29 is 4.79 Å². The number of likely N-dealkylation sites (tertiary alicyclic amines) is 1. The summed E-state index contributed by atoms with van der Waals surface area (Å²) in [4.78, 5) is 14.3. The van der Waals surface area contributed by atoms with Gasteiger partial charge in [-0.3, -0.25) is 14.6 Å². The Hall–Kier alpha value is -2.22. The SMILES string of the molecule is NCCn1cc(C(=O)N2CCCC(c3ccn[nH]3)C2)nn1. The topological polar surface area (TPSA) is 106 Å². The lowest BCUT2D eigenvalue weighted by Crippen LogP contribution is -2.39. The quantitative estimate of drug-likeness (QED) is 0.823. The monoisotopic (exact) mass is 289 g/mol. The van der Waals surface area contributed by atoms with E-state index < -0.39 is 0 Å². The van der Waals surface area contributed by atoms with Crippen molar-refractivity contribution in [2.75, 3.05) is 19.6 Å². The maximum atomic E-state index is 12.5. The van der Waals surface area contributed by atoms with Crippen molar-refractivity contribution in [1.29, 1.82) is 0 Å². The van der Waals surface area contributed by atoms with Crippen LogP contribution in [0.2, 0.25) is 0 Å². The number of carbonyl (C=O) groups excluding carboxylic acids is 1. The third kappa shape index (κ3) is 2.94. The maximum Gasteiger partial charge on any atom is 0.276 e. The minimum atomic E-state index is -0.0671. The highest BCUT2D eigenvalue weighted by Crippen LogP contribution is 2.25. The standard InChI is InChI=1S/C13H19N7O/c14-4-7-20-9-12(17-18-20)13(21)19-6-1-2-10(8-19)11-3-5-15-16-11/h3,5,9-10H,1-2,4,6-8,14H2,(H,15,16). The zero-order valence-corrected chi connectivity index (χ0v) is 11.8. The molecule has 1 aliphatic heterocycles. The van der Waals surface area contributed by atoms with Gasteiger partial charge in [0.2, 0.25) is 0 Å². The highest BCUT2D eigenvalue weighted by Gasteiger charge is 2.27. The molecule has 21 heavy (non-hydrogen) atoms. The Morgan fingerprint density at radius 3 is 3.19 bits per heavy atom. The predicted octanol–water partition coefficient (Wildman–Crippen LogP) is -0.0203. The number of nitrogens with zero attached hydrogens (tertiary/aromatic N) is 5. The summed E-state index contributed by atoms with van der Waals surface area (Å²) in [7, 11) is 0. The van der Waals surface area contributed by atoms with Crippen LogP contribution in [0.3, 0.4) is 0 Å². The second kappa shape index (κ2) is 6.04. The van der Waals surface area contributed by atoms with Crippen molar-refractivity contribution in [3.63, 3.8) is 0 Å². The van der Waals surface area contributed by atoms with Crippen LogP contribution in [0.1, 0.15) is 34.9 Å². The van der Waals surface area contributed by atoms with E-state index in [9.17, 15) is 4.79 Å². The lowest BCUT2D eigenvalue weighted by molar-refractivity contribution is 0.0699. The average molecular weight is 289 g/mol. The molecule has 0 aromatic carbocycles. The molecule has 8 nitrogen and oxygen atoms in total. The highest BCUT2D eigenvalue weighted by atomic mass is 16.2. The molecule has 3 rings (SSSR count). The van der Waals surface area contributed by atoms with Crippen LogP contribution in [0.5, 0.6) is 0 Å². The maximum absolute atomic E-state index is 12.5. The predicted molar refractivity (Wildman–Crippen MR) is 75.5 cm³/mol. The van der Waals surface area contributed by atoms with Crippen LogP contribution in [0.15, 0.2) is 18.5 Å². The fourth-order valence-electron chi connectivity index (χ4n) is 2.71. The molecule has 1 fully saturated rings. The van der Waals surface area contributed by atoms with Gasteiger partial charge in [0.15, 0.2) is 5.69 Å². The van der Waals surface area contributed by atoms with Crippen molar-refractivity contribution in [3.8, 4) is 0 Å².